The van der Waals surface area contributed by atoms with Crippen LogP contribution in [-0.4, -0.2) is 4.98 Å². The van der Waals surface area contributed by atoms with Crippen molar-refractivity contribution < 1.29 is 0 Å². The van der Waals surface area contributed by atoms with Crippen LogP contribution in [0.3, 0.4) is 0 Å². The highest BCUT2D eigenvalue weighted by atomic mass is 32.1. The molecular formula is C23H15NS. The summed E-state index contributed by atoms with van der Waals surface area (Å²) in [4.78, 5) is 3.70. The molecule has 0 unspecified atom stereocenters. The summed E-state index contributed by atoms with van der Waals surface area (Å²) in [6.45, 7) is 2.17. The summed E-state index contributed by atoms with van der Waals surface area (Å²) in [7, 11) is 0. The van der Waals surface area contributed by atoms with Crippen molar-refractivity contribution in [3.8, 4) is 0 Å². The Balaban J connectivity index is 2.04. The molecule has 6 rings (SSSR count). The van der Waals surface area contributed by atoms with Gasteiger partial charge in [-0.2, -0.15) is 0 Å². The zero-order chi connectivity index (χ0) is 16.5. The molecule has 0 atom stereocenters. The fourth-order valence-corrected chi connectivity index (χ4v) is 5.48. The zero-order valence-corrected chi connectivity index (χ0v) is 14.6. The largest absolute Gasteiger partial charge is 0.353 e. The van der Waals surface area contributed by atoms with Crippen LogP contribution < -0.4 is 0 Å². The molecule has 0 aliphatic carbocycles. The van der Waals surface area contributed by atoms with Crippen LogP contribution in [0.2, 0.25) is 0 Å². The van der Waals surface area contributed by atoms with Gasteiger partial charge in [0.15, 0.2) is 0 Å². The second-order valence-electron chi connectivity index (χ2n) is 6.77. The Kier molecular flexibility index (Phi) is 2.48. The average Bonchev–Trinajstić information content (AvgIpc) is 3.20. The van der Waals surface area contributed by atoms with Gasteiger partial charge < -0.3 is 4.98 Å². The molecule has 0 fully saturated rings. The van der Waals surface area contributed by atoms with Crippen molar-refractivity contribution in [3.63, 3.8) is 0 Å². The summed E-state index contributed by atoms with van der Waals surface area (Å²) in [5.74, 6) is 0. The first-order chi connectivity index (χ1) is 12.3. The summed E-state index contributed by atoms with van der Waals surface area (Å²) >= 11 is 1.90. The fraction of sp³-hybridized carbons (Fsp3) is 0.0435. The Morgan fingerprint density at radius 2 is 1.44 bits per heavy atom. The van der Waals surface area contributed by atoms with E-state index in [1.807, 2.05) is 11.3 Å². The van der Waals surface area contributed by atoms with Gasteiger partial charge in [-0.1, -0.05) is 54.6 Å². The number of rotatable bonds is 0. The summed E-state index contributed by atoms with van der Waals surface area (Å²) in [5.41, 5.74) is 3.80. The van der Waals surface area contributed by atoms with Crippen LogP contribution in [0.25, 0.3) is 52.8 Å². The Morgan fingerprint density at radius 1 is 0.720 bits per heavy atom. The van der Waals surface area contributed by atoms with Crippen molar-refractivity contribution >= 4 is 64.1 Å². The predicted molar refractivity (Wildman–Crippen MR) is 111 cm³/mol. The predicted octanol–water partition coefficient (Wildman–Crippen LogP) is 7.15. The Labute approximate surface area is 148 Å². The van der Waals surface area contributed by atoms with E-state index >= 15 is 0 Å². The quantitative estimate of drug-likeness (QED) is 0.303. The standard InChI is InChI=1S/C23H15NS/c1-13-10-11-17-19(12-13)25-23-21(17)15-7-3-2-6-14(15)20-16-8-4-5-9-18(16)24-22(20)23/h2-12,24H,1H3. The molecule has 2 heterocycles. The monoisotopic (exact) mass is 337 g/mol. The minimum absolute atomic E-state index is 1.21. The third-order valence-electron chi connectivity index (χ3n) is 5.24. The number of benzene rings is 4. The number of aromatic amines is 1. The van der Waals surface area contributed by atoms with E-state index in [0.29, 0.717) is 0 Å². The third-order valence-corrected chi connectivity index (χ3v) is 6.41. The summed E-state index contributed by atoms with van der Waals surface area (Å²) < 4.78 is 2.73. The first-order valence-corrected chi connectivity index (χ1v) is 9.37. The van der Waals surface area contributed by atoms with Gasteiger partial charge in [-0.25, -0.2) is 0 Å². The van der Waals surface area contributed by atoms with Crippen LogP contribution >= 0.6 is 11.3 Å². The van der Waals surface area contributed by atoms with Crippen molar-refractivity contribution in [2.45, 2.75) is 6.92 Å². The number of aromatic nitrogens is 1. The molecule has 0 radical (unpaired) electrons. The van der Waals surface area contributed by atoms with Crippen LogP contribution in [0.5, 0.6) is 0 Å². The second kappa shape index (κ2) is 4.62. The lowest BCUT2D eigenvalue weighted by Crippen LogP contribution is -1.78. The highest BCUT2D eigenvalue weighted by Crippen LogP contribution is 2.45. The van der Waals surface area contributed by atoms with E-state index in [4.69, 9.17) is 0 Å². The van der Waals surface area contributed by atoms with Gasteiger partial charge in [-0.3, -0.25) is 0 Å². The highest BCUT2D eigenvalue weighted by molar-refractivity contribution is 7.27. The normalized spacial score (nSPS) is 12.2. The van der Waals surface area contributed by atoms with Gasteiger partial charge >= 0.3 is 0 Å². The SMILES string of the molecule is Cc1ccc2c(c1)sc1c3[nH]c4ccccc4c3c3ccccc3c21. The van der Waals surface area contributed by atoms with E-state index in [1.54, 1.807) is 0 Å². The molecule has 2 heteroatoms. The Morgan fingerprint density at radius 3 is 2.28 bits per heavy atom. The number of hydrogen-bond donors (Lipinski definition) is 1. The van der Waals surface area contributed by atoms with Gasteiger partial charge in [0.2, 0.25) is 0 Å². The maximum absolute atomic E-state index is 3.70. The number of thiophene rings is 1. The smallest absolute Gasteiger partial charge is 0.0653 e. The van der Waals surface area contributed by atoms with Crippen molar-refractivity contribution in [1.29, 1.82) is 0 Å². The molecule has 0 aliphatic heterocycles. The van der Waals surface area contributed by atoms with Crippen LogP contribution in [0.4, 0.5) is 0 Å². The number of nitrogens with one attached hydrogen (secondary N) is 1. The fourth-order valence-electron chi connectivity index (χ4n) is 4.16. The first-order valence-electron chi connectivity index (χ1n) is 8.55. The molecule has 0 spiro atoms. The number of aryl methyl sites for hydroxylation is 1. The van der Waals surface area contributed by atoms with E-state index in [0.717, 1.165) is 0 Å². The molecule has 0 saturated carbocycles. The summed E-state index contributed by atoms with van der Waals surface area (Å²) in [6.07, 6.45) is 0. The molecule has 1 N–H and O–H groups in total. The van der Waals surface area contributed by atoms with Gasteiger partial charge in [0, 0.05) is 31.8 Å². The number of fused-ring (bicyclic) bond motifs is 10. The molecular weight excluding hydrogens is 322 g/mol. The van der Waals surface area contributed by atoms with E-state index in [2.05, 4.69) is 78.6 Å². The summed E-state index contributed by atoms with van der Waals surface area (Å²) in [6, 6.07) is 24.3. The van der Waals surface area contributed by atoms with Gasteiger partial charge in [0.25, 0.3) is 0 Å². The van der Waals surface area contributed by atoms with Crippen molar-refractivity contribution in [3.05, 3.63) is 72.3 Å². The number of para-hydroxylation sites is 1. The third kappa shape index (κ3) is 1.67. The highest BCUT2D eigenvalue weighted by Gasteiger charge is 2.17. The zero-order valence-electron chi connectivity index (χ0n) is 13.8. The molecule has 1 nitrogen and oxygen atoms in total. The van der Waals surface area contributed by atoms with Crippen LogP contribution in [0, 0.1) is 6.92 Å². The molecule has 6 aromatic rings. The number of hydrogen-bond acceptors (Lipinski definition) is 1. The van der Waals surface area contributed by atoms with E-state index < -0.39 is 0 Å². The number of H-pyrrole nitrogens is 1. The maximum atomic E-state index is 3.70. The van der Waals surface area contributed by atoms with E-state index in [-0.39, 0.29) is 0 Å². The molecule has 0 saturated heterocycles. The van der Waals surface area contributed by atoms with E-state index in [9.17, 15) is 0 Å². The van der Waals surface area contributed by atoms with Crippen LogP contribution in [-0.2, 0) is 0 Å². The molecule has 4 aromatic carbocycles. The van der Waals surface area contributed by atoms with Gasteiger partial charge in [-0.05, 0) is 35.4 Å². The first kappa shape index (κ1) is 13.5. The van der Waals surface area contributed by atoms with Gasteiger partial charge in [0.05, 0.1) is 10.2 Å². The van der Waals surface area contributed by atoms with Gasteiger partial charge in [-0.15, -0.1) is 11.3 Å². The Bertz CT molecular complexity index is 1450. The minimum atomic E-state index is 1.21. The van der Waals surface area contributed by atoms with Crippen molar-refractivity contribution in [2.24, 2.45) is 0 Å². The topological polar surface area (TPSA) is 15.8 Å². The van der Waals surface area contributed by atoms with Crippen LogP contribution in [0.15, 0.2) is 66.7 Å². The second-order valence-corrected chi connectivity index (χ2v) is 7.82. The molecule has 2 aromatic heterocycles. The molecule has 0 bridgehead atoms. The van der Waals surface area contributed by atoms with Crippen LogP contribution in [0.1, 0.15) is 5.56 Å². The minimum Gasteiger partial charge on any atom is -0.353 e. The molecule has 118 valence electrons. The van der Waals surface area contributed by atoms with E-state index in [1.165, 1.54) is 58.3 Å². The van der Waals surface area contributed by atoms with Crippen molar-refractivity contribution in [2.75, 3.05) is 0 Å². The molecule has 0 aliphatic rings. The van der Waals surface area contributed by atoms with Crippen molar-refractivity contribution in [1.82, 2.24) is 4.98 Å². The maximum Gasteiger partial charge on any atom is 0.0653 e. The lowest BCUT2D eigenvalue weighted by atomic mass is 9.99. The lowest BCUT2D eigenvalue weighted by molar-refractivity contribution is 1.52. The average molecular weight is 337 g/mol. The lowest BCUT2D eigenvalue weighted by Gasteiger charge is -2.04. The van der Waals surface area contributed by atoms with Gasteiger partial charge in [0.1, 0.15) is 0 Å². The summed E-state index contributed by atoms with van der Waals surface area (Å²) in [5, 5.41) is 8.09. The molecule has 25 heavy (non-hydrogen) atoms. The molecule has 0 amide bonds. The Hall–Kier alpha value is -2.84.